The van der Waals surface area contributed by atoms with Crippen LogP contribution in [0.25, 0.3) is 11.1 Å². The van der Waals surface area contributed by atoms with Crippen molar-refractivity contribution in [2.45, 2.75) is 32.6 Å². The zero-order valence-electron chi connectivity index (χ0n) is 13.2. The zero-order chi connectivity index (χ0) is 17.0. The van der Waals surface area contributed by atoms with E-state index in [1.807, 2.05) is 50.2 Å². The molecule has 0 aliphatic rings. The van der Waals surface area contributed by atoms with Crippen molar-refractivity contribution in [1.29, 1.82) is 0 Å². The number of aliphatic carboxylic acids is 2. The van der Waals surface area contributed by atoms with Crippen molar-refractivity contribution in [2.24, 2.45) is 0 Å². The number of carboxylic acid groups (broad SMARTS) is 2. The van der Waals surface area contributed by atoms with Crippen molar-refractivity contribution < 1.29 is 19.8 Å². The lowest BCUT2D eigenvalue weighted by Crippen LogP contribution is -2.23. The van der Waals surface area contributed by atoms with Crippen LogP contribution in [0.5, 0.6) is 0 Å². The molecule has 0 atom stereocenters. The van der Waals surface area contributed by atoms with Gasteiger partial charge in [-0.05, 0) is 40.7 Å². The Morgan fingerprint density at radius 3 is 1.91 bits per heavy atom. The summed E-state index contributed by atoms with van der Waals surface area (Å²) >= 11 is 0. The lowest BCUT2D eigenvalue weighted by molar-refractivity contribution is -0.150. The van der Waals surface area contributed by atoms with Crippen LogP contribution >= 0.6 is 0 Å². The largest absolute Gasteiger partial charge is 0.480 e. The molecule has 2 aromatic carbocycles. The molecule has 0 saturated carbocycles. The molecule has 0 aromatic heterocycles. The summed E-state index contributed by atoms with van der Waals surface area (Å²) in [5, 5.41) is 18.6. The summed E-state index contributed by atoms with van der Waals surface area (Å²) in [5.41, 5.74) is 4.30. The minimum absolute atomic E-state index is 0.379. The summed E-state index contributed by atoms with van der Waals surface area (Å²) in [7, 11) is 0. The van der Waals surface area contributed by atoms with E-state index >= 15 is 0 Å². The summed E-state index contributed by atoms with van der Waals surface area (Å²) in [6, 6.07) is 13.3. The SMILES string of the molecule is CCc1c(-c2ccccc2)ccc(C(C(=O)O)C(=O)O)c1CC. The van der Waals surface area contributed by atoms with Crippen LogP contribution in [0.4, 0.5) is 0 Å². The smallest absolute Gasteiger partial charge is 0.322 e. The Labute approximate surface area is 135 Å². The Balaban J connectivity index is 2.69. The van der Waals surface area contributed by atoms with E-state index in [-0.39, 0.29) is 0 Å². The van der Waals surface area contributed by atoms with Crippen LogP contribution < -0.4 is 0 Å². The number of carbonyl (C=O) groups is 2. The van der Waals surface area contributed by atoms with Crippen LogP contribution in [-0.2, 0) is 22.4 Å². The lowest BCUT2D eigenvalue weighted by Gasteiger charge is -2.19. The molecule has 0 unspecified atom stereocenters. The van der Waals surface area contributed by atoms with E-state index in [0.717, 1.165) is 22.3 Å². The molecule has 2 aromatic rings. The van der Waals surface area contributed by atoms with E-state index < -0.39 is 17.9 Å². The quantitative estimate of drug-likeness (QED) is 0.797. The van der Waals surface area contributed by atoms with Crippen molar-refractivity contribution in [3.8, 4) is 11.1 Å². The fraction of sp³-hybridized carbons (Fsp3) is 0.263. The third kappa shape index (κ3) is 3.26. The predicted octanol–water partition coefficient (Wildman–Crippen LogP) is 3.73. The van der Waals surface area contributed by atoms with Gasteiger partial charge in [-0.25, -0.2) is 0 Å². The van der Waals surface area contributed by atoms with Gasteiger partial charge < -0.3 is 10.2 Å². The van der Waals surface area contributed by atoms with Crippen molar-refractivity contribution in [3.05, 3.63) is 59.2 Å². The fourth-order valence-electron chi connectivity index (χ4n) is 3.06. The molecule has 0 saturated heterocycles. The van der Waals surface area contributed by atoms with E-state index in [2.05, 4.69) is 0 Å². The molecule has 0 radical (unpaired) electrons. The summed E-state index contributed by atoms with van der Waals surface area (Å²) in [6.07, 6.45) is 1.31. The van der Waals surface area contributed by atoms with Gasteiger partial charge in [0.15, 0.2) is 5.92 Å². The zero-order valence-corrected chi connectivity index (χ0v) is 13.2. The Bertz CT molecular complexity index is 706. The van der Waals surface area contributed by atoms with Gasteiger partial charge in [-0.3, -0.25) is 9.59 Å². The molecule has 2 N–H and O–H groups in total. The van der Waals surface area contributed by atoms with Gasteiger partial charge in [0.1, 0.15) is 0 Å². The van der Waals surface area contributed by atoms with Gasteiger partial charge in [-0.15, -0.1) is 0 Å². The highest BCUT2D eigenvalue weighted by atomic mass is 16.4. The number of hydrogen-bond acceptors (Lipinski definition) is 2. The van der Waals surface area contributed by atoms with Gasteiger partial charge in [-0.1, -0.05) is 56.3 Å². The maximum Gasteiger partial charge on any atom is 0.322 e. The summed E-state index contributed by atoms with van der Waals surface area (Å²) in [4.78, 5) is 22.8. The van der Waals surface area contributed by atoms with Crippen LogP contribution in [0.3, 0.4) is 0 Å². The van der Waals surface area contributed by atoms with E-state index in [1.54, 1.807) is 6.07 Å². The molecule has 0 spiro atoms. The van der Waals surface area contributed by atoms with Gasteiger partial charge >= 0.3 is 11.9 Å². The molecule has 0 fully saturated rings. The standard InChI is InChI=1S/C19H20O4/c1-3-13-14(4-2)16(17(18(20)21)19(22)23)11-10-15(13)12-8-6-5-7-9-12/h5-11,17H,3-4H2,1-2H3,(H,20,21)(H,22,23). The molecule has 120 valence electrons. The lowest BCUT2D eigenvalue weighted by atomic mass is 9.84. The first-order chi connectivity index (χ1) is 11.0. The minimum atomic E-state index is -1.53. The summed E-state index contributed by atoms with van der Waals surface area (Å²) < 4.78 is 0. The molecule has 23 heavy (non-hydrogen) atoms. The number of benzene rings is 2. The monoisotopic (exact) mass is 312 g/mol. The van der Waals surface area contributed by atoms with Gasteiger partial charge in [0.25, 0.3) is 0 Å². The first-order valence-electron chi connectivity index (χ1n) is 7.66. The average Bonchev–Trinajstić information content (AvgIpc) is 2.54. The van der Waals surface area contributed by atoms with E-state index in [9.17, 15) is 19.8 Å². The second-order valence-corrected chi connectivity index (χ2v) is 5.34. The molecule has 0 aliphatic heterocycles. The Hall–Kier alpha value is -2.62. The third-order valence-electron chi connectivity index (χ3n) is 4.06. The molecule has 2 rings (SSSR count). The van der Waals surface area contributed by atoms with Crippen molar-refractivity contribution in [3.63, 3.8) is 0 Å². The second kappa shape index (κ2) is 7.09. The first kappa shape index (κ1) is 16.7. The van der Waals surface area contributed by atoms with Gasteiger partial charge in [-0.2, -0.15) is 0 Å². The Morgan fingerprint density at radius 2 is 1.43 bits per heavy atom. The fourth-order valence-corrected chi connectivity index (χ4v) is 3.06. The predicted molar refractivity (Wildman–Crippen MR) is 88.6 cm³/mol. The van der Waals surface area contributed by atoms with E-state index in [0.29, 0.717) is 18.4 Å². The number of carboxylic acids is 2. The van der Waals surface area contributed by atoms with Crippen LogP contribution in [-0.4, -0.2) is 22.2 Å². The van der Waals surface area contributed by atoms with Crippen LogP contribution in [0.1, 0.15) is 36.5 Å². The van der Waals surface area contributed by atoms with Crippen molar-refractivity contribution in [1.82, 2.24) is 0 Å². The molecular weight excluding hydrogens is 292 g/mol. The molecule has 4 heteroatoms. The summed E-state index contributed by atoms with van der Waals surface area (Å²) in [6.45, 7) is 3.93. The average molecular weight is 312 g/mol. The van der Waals surface area contributed by atoms with Gasteiger partial charge in [0, 0.05) is 0 Å². The summed E-state index contributed by atoms with van der Waals surface area (Å²) in [5.74, 6) is -4.19. The highest BCUT2D eigenvalue weighted by Gasteiger charge is 2.31. The number of hydrogen-bond donors (Lipinski definition) is 2. The van der Waals surface area contributed by atoms with Crippen LogP contribution in [0.2, 0.25) is 0 Å². The van der Waals surface area contributed by atoms with Crippen LogP contribution in [0, 0.1) is 0 Å². The topological polar surface area (TPSA) is 74.6 Å². The van der Waals surface area contributed by atoms with Gasteiger partial charge in [0.2, 0.25) is 0 Å². The first-order valence-corrected chi connectivity index (χ1v) is 7.66. The molecule has 4 nitrogen and oxygen atoms in total. The van der Waals surface area contributed by atoms with E-state index in [4.69, 9.17) is 0 Å². The Kier molecular flexibility index (Phi) is 5.16. The highest BCUT2D eigenvalue weighted by Crippen LogP contribution is 2.33. The van der Waals surface area contributed by atoms with Crippen molar-refractivity contribution >= 4 is 11.9 Å². The molecule has 0 aliphatic carbocycles. The van der Waals surface area contributed by atoms with Crippen molar-refractivity contribution in [2.75, 3.05) is 0 Å². The van der Waals surface area contributed by atoms with Gasteiger partial charge in [0.05, 0.1) is 0 Å². The second-order valence-electron chi connectivity index (χ2n) is 5.34. The Morgan fingerprint density at radius 1 is 0.870 bits per heavy atom. The normalized spacial score (nSPS) is 10.7. The molecule has 0 amide bonds. The maximum atomic E-state index is 11.4. The van der Waals surface area contributed by atoms with E-state index in [1.165, 1.54) is 0 Å². The molecule has 0 bridgehead atoms. The number of rotatable bonds is 6. The molecular formula is C19H20O4. The molecule has 0 heterocycles. The third-order valence-corrected chi connectivity index (χ3v) is 4.06. The van der Waals surface area contributed by atoms with Crippen LogP contribution in [0.15, 0.2) is 42.5 Å². The highest BCUT2D eigenvalue weighted by molar-refractivity contribution is 5.99. The minimum Gasteiger partial charge on any atom is -0.480 e. The maximum absolute atomic E-state index is 11.4.